The number of nitrogens with zero attached hydrogens (tertiary/aromatic N) is 7. The molecule has 0 saturated carbocycles. The van der Waals surface area contributed by atoms with Crippen LogP contribution in [0.15, 0.2) is 84.3 Å². The van der Waals surface area contributed by atoms with Gasteiger partial charge in [-0.25, -0.2) is 0 Å². The third kappa shape index (κ3) is 5.12. The van der Waals surface area contributed by atoms with Crippen LogP contribution in [0.1, 0.15) is 18.3 Å². The lowest BCUT2D eigenvalue weighted by molar-refractivity contribution is 0.882. The quantitative estimate of drug-likeness (QED) is 0.304. The van der Waals surface area contributed by atoms with Crippen molar-refractivity contribution in [3.8, 4) is 17.1 Å². The molecule has 0 spiro atoms. The highest BCUT2D eigenvalue weighted by Crippen LogP contribution is 2.29. The molecular weight excluding hydrogens is 458 g/mol. The summed E-state index contributed by atoms with van der Waals surface area (Å²) in [5, 5.41) is 12.9. The van der Waals surface area contributed by atoms with E-state index in [-0.39, 0.29) is 5.95 Å². The molecule has 9 nitrogen and oxygen atoms in total. The molecule has 3 N–H and O–H groups in total. The zero-order chi connectivity index (χ0) is 24.0. The molecule has 0 atom stereocenters. The number of nitrogen functional groups attached to an aromatic ring is 1. The third-order valence-corrected chi connectivity index (χ3v) is 6.19. The summed E-state index contributed by atoms with van der Waals surface area (Å²) in [4.78, 5) is 17.3. The summed E-state index contributed by atoms with van der Waals surface area (Å²) in [5.41, 5.74) is 10.0. The van der Waals surface area contributed by atoms with Gasteiger partial charge in [0.1, 0.15) is 5.82 Å². The van der Waals surface area contributed by atoms with Crippen LogP contribution in [0.2, 0.25) is 0 Å². The minimum Gasteiger partial charge on any atom is -0.368 e. The molecule has 10 heteroatoms. The van der Waals surface area contributed by atoms with Gasteiger partial charge >= 0.3 is 0 Å². The lowest BCUT2D eigenvalue weighted by Gasteiger charge is -2.11. The first-order valence-corrected chi connectivity index (χ1v) is 12.1. The summed E-state index contributed by atoms with van der Waals surface area (Å²) in [7, 11) is 0. The number of aromatic nitrogens is 7. The minimum atomic E-state index is 0.161. The van der Waals surface area contributed by atoms with Crippen LogP contribution in [0.4, 0.5) is 17.6 Å². The van der Waals surface area contributed by atoms with Gasteiger partial charge in [0.2, 0.25) is 11.9 Å². The van der Waals surface area contributed by atoms with Crippen LogP contribution >= 0.6 is 11.8 Å². The number of thioether (sulfide) groups is 1. The van der Waals surface area contributed by atoms with Gasteiger partial charge in [-0.1, -0.05) is 55.1 Å². The molecule has 0 fully saturated rings. The number of hydrogen-bond donors (Lipinski definition) is 2. The Morgan fingerprint density at radius 1 is 0.886 bits per heavy atom. The third-order valence-electron chi connectivity index (χ3n) is 5.26. The second-order valence-corrected chi connectivity index (χ2v) is 8.51. The van der Waals surface area contributed by atoms with E-state index in [0.29, 0.717) is 22.7 Å². The molecule has 5 rings (SSSR count). The Hall–Kier alpha value is -4.31. The van der Waals surface area contributed by atoms with Crippen molar-refractivity contribution in [2.24, 2.45) is 0 Å². The van der Waals surface area contributed by atoms with E-state index in [1.165, 1.54) is 17.3 Å². The average molecular weight is 482 g/mol. The Kier molecular flexibility index (Phi) is 6.62. The Morgan fingerprint density at radius 2 is 1.66 bits per heavy atom. The Morgan fingerprint density at radius 3 is 2.46 bits per heavy atom. The van der Waals surface area contributed by atoms with E-state index < -0.39 is 0 Å². The highest BCUT2D eigenvalue weighted by Gasteiger charge is 2.17. The molecule has 35 heavy (non-hydrogen) atoms. The van der Waals surface area contributed by atoms with Gasteiger partial charge in [0.15, 0.2) is 11.0 Å². The van der Waals surface area contributed by atoms with E-state index in [1.54, 1.807) is 12.4 Å². The van der Waals surface area contributed by atoms with Gasteiger partial charge in [0, 0.05) is 29.3 Å². The molecule has 0 aliphatic heterocycles. The number of nitrogens with one attached hydrogen (secondary N) is 1. The fraction of sp³-hybridized carbons (Fsp3) is 0.120. The fourth-order valence-corrected chi connectivity index (χ4v) is 4.43. The smallest absolute Gasteiger partial charge is 0.232 e. The lowest BCUT2D eigenvalue weighted by Crippen LogP contribution is -2.07. The molecule has 0 amide bonds. The maximum absolute atomic E-state index is 6.00. The van der Waals surface area contributed by atoms with Gasteiger partial charge in [-0.15, -0.1) is 10.2 Å². The van der Waals surface area contributed by atoms with Gasteiger partial charge in [-0.3, -0.25) is 9.55 Å². The van der Waals surface area contributed by atoms with Gasteiger partial charge in [-0.05, 0) is 42.3 Å². The first-order valence-electron chi connectivity index (χ1n) is 11.1. The van der Waals surface area contributed by atoms with Crippen LogP contribution in [0.3, 0.4) is 0 Å². The molecule has 0 bridgehead atoms. The molecule has 0 aliphatic carbocycles. The maximum atomic E-state index is 6.00. The number of nitrogens with two attached hydrogens (primary N) is 1. The van der Waals surface area contributed by atoms with Crippen LogP contribution in [-0.2, 0) is 12.2 Å². The Bertz CT molecular complexity index is 1420. The van der Waals surface area contributed by atoms with Crippen molar-refractivity contribution >= 4 is 29.3 Å². The number of benzene rings is 2. The lowest BCUT2D eigenvalue weighted by atomic mass is 10.1. The van der Waals surface area contributed by atoms with Crippen molar-refractivity contribution < 1.29 is 0 Å². The van der Waals surface area contributed by atoms with Crippen LogP contribution < -0.4 is 11.1 Å². The van der Waals surface area contributed by atoms with E-state index in [9.17, 15) is 0 Å². The van der Waals surface area contributed by atoms with Gasteiger partial charge in [0.25, 0.3) is 0 Å². The monoisotopic (exact) mass is 481 g/mol. The molecule has 2 aromatic carbocycles. The molecule has 3 aromatic heterocycles. The number of anilines is 3. The Balaban J connectivity index is 1.42. The minimum absolute atomic E-state index is 0.161. The molecule has 0 aliphatic rings. The van der Waals surface area contributed by atoms with Gasteiger partial charge in [0.05, 0.1) is 5.75 Å². The molecule has 0 radical (unpaired) electrons. The summed E-state index contributed by atoms with van der Waals surface area (Å²) in [6.07, 6.45) is 4.37. The molecule has 3 heterocycles. The standard InChI is InChI=1S/C25H23N9S/c1-2-17-8-6-7-11-20(17)28-24-30-21(29-23(26)31-24)16-35-25-33-32-22(18-12-14-27-15-13-18)34(25)19-9-4-3-5-10-19/h3-15H,2,16H2,1H3,(H3,26,28,29,30,31). The first-order chi connectivity index (χ1) is 17.2. The van der Waals surface area contributed by atoms with E-state index in [2.05, 4.69) is 48.4 Å². The summed E-state index contributed by atoms with van der Waals surface area (Å²) < 4.78 is 2.02. The number of pyridine rings is 1. The van der Waals surface area contributed by atoms with Crippen LogP contribution in [0.5, 0.6) is 0 Å². The van der Waals surface area contributed by atoms with E-state index >= 15 is 0 Å². The van der Waals surface area contributed by atoms with Gasteiger partial charge < -0.3 is 11.1 Å². The highest BCUT2D eigenvalue weighted by molar-refractivity contribution is 7.98. The van der Waals surface area contributed by atoms with Gasteiger partial charge in [-0.2, -0.15) is 15.0 Å². The van der Waals surface area contributed by atoms with Crippen LogP contribution in [0, 0.1) is 0 Å². The van der Waals surface area contributed by atoms with Crippen molar-refractivity contribution in [2.75, 3.05) is 11.1 Å². The van der Waals surface area contributed by atoms with Crippen LogP contribution in [0.25, 0.3) is 17.1 Å². The zero-order valence-corrected chi connectivity index (χ0v) is 19.9. The maximum Gasteiger partial charge on any atom is 0.232 e. The van der Waals surface area contributed by atoms with Crippen molar-refractivity contribution in [3.63, 3.8) is 0 Å². The Labute approximate surface area is 206 Å². The second-order valence-electron chi connectivity index (χ2n) is 7.57. The number of hydrogen-bond acceptors (Lipinski definition) is 9. The van der Waals surface area contributed by atoms with Crippen LogP contribution in [-0.4, -0.2) is 34.7 Å². The summed E-state index contributed by atoms with van der Waals surface area (Å²) in [5.74, 6) is 2.30. The van der Waals surface area contributed by atoms with Crippen molar-refractivity contribution in [1.29, 1.82) is 0 Å². The molecule has 0 unspecified atom stereocenters. The second kappa shape index (κ2) is 10.3. The SMILES string of the molecule is CCc1ccccc1Nc1nc(N)nc(CSc2nnc(-c3ccncc3)n2-c2ccccc2)n1. The van der Waals surface area contributed by atoms with E-state index in [4.69, 9.17) is 5.73 Å². The molecule has 5 aromatic rings. The fourth-order valence-electron chi connectivity index (χ4n) is 3.62. The predicted octanol–water partition coefficient (Wildman–Crippen LogP) is 4.69. The summed E-state index contributed by atoms with van der Waals surface area (Å²) in [6, 6.07) is 21.9. The van der Waals surface area contributed by atoms with E-state index in [0.717, 1.165) is 29.2 Å². The number of para-hydroxylation sites is 2. The number of rotatable bonds is 8. The largest absolute Gasteiger partial charge is 0.368 e. The first kappa shape index (κ1) is 22.5. The zero-order valence-electron chi connectivity index (χ0n) is 19.0. The average Bonchev–Trinajstić information content (AvgIpc) is 3.32. The topological polar surface area (TPSA) is 120 Å². The highest BCUT2D eigenvalue weighted by atomic mass is 32.2. The predicted molar refractivity (Wildman–Crippen MR) is 137 cm³/mol. The van der Waals surface area contributed by atoms with E-state index in [1.807, 2.05) is 65.2 Å². The molecule has 174 valence electrons. The summed E-state index contributed by atoms with van der Waals surface area (Å²) >= 11 is 1.48. The molecule has 0 saturated heterocycles. The van der Waals surface area contributed by atoms with Crippen molar-refractivity contribution in [3.05, 3.63) is 90.5 Å². The summed E-state index contributed by atoms with van der Waals surface area (Å²) in [6.45, 7) is 2.10. The number of aryl methyl sites for hydroxylation is 1. The van der Waals surface area contributed by atoms with Crippen molar-refractivity contribution in [1.82, 2.24) is 34.7 Å². The molecular formula is C25H23N9S. The normalized spacial score (nSPS) is 10.9. The van der Waals surface area contributed by atoms with Crippen molar-refractivity contribution in [2.45, 2.75) is 24.3 Å².